The lowest BCUT2D eigenvalue weighted by molar-refractivity contribution is -0.120. The molecule has 0 spiro atoms. The molecule has 2 aliphatic rings. The molecule has 0 radical (unpaired) electrons. The fourth-order valence-electron chi connectivity index (χ4n) is 3.89. The Labute approximate surface area is 147 Å². The molecule has 1 aliphatic carbocycles. The van der Waals surface area contributed by atoms with Crippen LogP contribution in [0.1, 0.15) is 24.8 Å². The van der Waals surface area contributed by atoms with Gasteiger partial charge >= 0.3 is 0 Å². The van der Waals surface area contributed by atoms with Crippen molar-refractivity contribution in [3.63, 3.8) is 0 Å². The second-order valence-electron chi connectivity index (χ2n) is 6.85. The number of aromatic nitrogens is 1. The Morgan fingerprint density at radius 2 is 2.20 bits per heavy atom. The molecule has 25 heavy (non-hydrogen) atoms. The number of fused-ring (bicyclic) bond motifs is 1. The van der Waals surface area contributed by atoms with E-state index < -0.39 is 0 Å². The Balaban J connectivity index is 1.52. The minimum Gasteiger partial charge on any atom is -0.493 e. The molecule has 1 saturated carbocycles. The van der Waals surface area contributed by atoms with Gasteiger partial charge in [0.1, 0.15) is 11.6 Å². The number of nitrogens with two attached hydrogens (primary N) is 1. The summed E-state index contributed by atoms with van der Waals surface area (Å²) in [6.07, 6.45) is 3.96. The van der Waals surface area contributed by atoms with Gasteiger partial charge in [-0.15, -0.1) is 0 Å². The van der Waals surface area contributed by atoms with Crippen LogP contribution < -0.4 is 15.8 Å². The molecule has 130 valence electrons. The van der Waals surface area contributed by atoms with Crippen LogP contribution in [0.15, 0.2) is 36.4 Å². The molecule has 1 aromatic heterocycles. The highest BCUT2D eigenvalue weighted by Crippen LogP contribution is 2.32. The van der Waals surface area contributed by atoms with Crippen LogP contribution in [-0.2, 0) is 11.2 Å². The van der Waals surface area contributed by atoms with Crippen molar-refractivity contribution in [3.05, 3.63) is 42.0 Å². The smallest absolute Gasteiger partial charge is 0.228 e. The Bertz CT molecular complexity index is 790. The maximum Gasteiger partial charge on any atom is 0.228 e. The molecule has 1 fully saturated rings. The van der Waals surface area contributed by atoms with E-state index in [-0.39, 0.29) is 11.8 Å². The third-order valence-corrected chi connectivity index (χ3v) is 5.28. The molecule has 1 aliphatic heterocycles. The van der Waals surface area contributed by atoms with Crippen molar-refractivity contribution in [2.45, 2.75) is 25.7 Å². The average Bonchev–Trinajstić information content (AvgIpc) is 3.30. The van der Waals surface area contributed by atoms with Gasteiger partial charge in [-0.2, -0.15) is 0 Å². The van der Waals surface area contributed by atoms with Gasteiger partial charge in [-0.3, -0.25) is 4.79 Å². The van der Waals surface area contributed by atoms with Crippen molar-refractivity contribution in [3.8, 4) is 17.0 Å². The number of nitrogens with zero attached hydrogens (tertiary/aromatic N) is 1. The predicted molar refractivity (Wildman–Crippen MR) is 97.4 cm³/mol. The highest BCUT2D eigenvalue weighted by atomic mass is 16.5. The number of hydrogen-bond donors (Lipinski definition) is 2. The summed E-state index contributed by atoms with van der Waals surface area (Å²) in [7, 11) is 0. The van der Waals surface area contributed by atoms with Crippen LogP contribution in [0.3, 0.4) is 0 Å². The topological polar surface area (TPSA) is 77.2 Å². The highest BCUT2D eigenvalue weighted by Gasteiger charge is 2.32. The van der Waals surface area contributed by atoms with Crippen molar-refractivity contribution in [2.75, 3.05) is 18.5 Å². The van der Waals surface area contributed by atoms with E-state index in [1.807, 2.05) is 30.3 Å². The number of benzene rings is 1. The number of amides is 1. The van der Waals surface area contributed by atoms with E-state index >= 15 is 0 Å². The predicted octanol–water partition coefficient (Wildman–Crippen LogP) is 3.00. The van der Waals surface area contributed by atoms with Gasteiger partial charge < -0.3 is 15.8 Å². The van der Waals surface area contributed by atoms with Crippen molar-refractivity contribution < 1.29 is 9.53 Å². The maximum atomic E-state index is 12.6. The normalized spacial score (nSPS) is 21.6. The Kier molecular flexibility index (Phi) is 4.40. The van der Waals surface area contributed by atoms with Gasteiger partial charge in [0.25, 0.3) is 0 Å². The standard InChI is InChI=1S/C20H23N3O2/c21-12-15-3-1-4-16(15)20(24)23-19-6-2-5-17(22-19)13-7-8-18-14(11-13)9-10-25-18/h2,5-8,11,15-16H,1,3-4,9-10,12,21H2,(H,22,23,24)/t15-,16-/m1/s1. The number of ether oxygens (including phenoxy) is 1. The lowest BCUT2D eigenvalue weighted by Crippen LogP contribution is -2.30. The van der Waals surface area contributed by atoms with E-state index in [0.29, 0.717) is 18.3 Å². The summed E-state index contributed by atoms with van der Waals surface area (Å²) in [6.45, 7) is 1.31. The SMILES string of the molecule is NC[C@H]1CCC[C@H]1C(=O)Nc1cccc(-c2ccc3c(c2)CCO3)n1. The molecular weight excluding hydrogens is 314 g/mol. The van der Waals surface area contributed by atoms with Crippen LogP contribution in [0.5, 0.6) is 5.75 Å². The van der Waals surface area contributed by atoms with Gasteiger partial charge in [-0.05, 0) is 61.2 Å². The van der Waals surface area contributed by atoms with E-state index in [2.05, 4.69) is 16.4 Å². The van der Waals surface area contributed by atoms with E-state index in [1.54, 1.807) is 0 Å². The summed E-state index contributed by atoms with van der Waals surface area (Å²) in [6, 6.07) is 11.9. The summed E-state index contributed by atoms with van der Waals surface area (Å²) < 4.78 is 5.56. The van der Waals surface area contributed by atoms with Crippen LogP contribution in [-0.4, -0.2) is 24.0 Å². The second kappa shape index (κ2) is 6.84. The summed E-state index contributed by atoms with van der Waals surface area (Å²) in [5.74, 6) is 1.90. The summed E-state index contributed by atoms with van der Waals surface area (Å²) >= 11 is 0. The van der Waals surface area contributed by atoms with Gasteiger partial charge in [0, 0.05) is 17.9 Å². The maximum absolute atomic E-state index is 12.6. The number of anilines is 1. The van der Waals surface area contributed by atoms with Crippen LogP contribution >= 0.6 is 0 Å². The van der Waals surface area contributed by atoms with Crippen molar-refractivity contribution in [2.24, 2.45) is 17.6 Å². The van der Waals surface area contributed by atoms with E-state index in [1.165, 1.54) is 5.56 Å². The van der Waals surface area contributed by atoms with Crippen LogP contribution in [0.2, 0.25) is 0 Å². The Hall–Kier alpha value is -2.40. The number of rotatable bonds is 4. The molecule has 0 bridgehead atoms. The minimum absolute atomic E-state index is 0.00704. The summed E-state index contributed by atoms with van der Waals surface area (Å²) in [5.41, 5.74) is 8.91. The fraction of sp³-hybridized carbons (Fsp3) is 0.400. The number of carbonyl (C=O) groups excluding carboxylic acids is 1. The lowest BCUT2D eigenvalue weighted by Gasteiger charge is -2.17. The molecule has 2 aromatic rings. The van der Waals surface area contributed by atoms with Crippen molar-refractivity contribution in [1.82, 2.24) is 4.98 Å². The van der Waals surface area contributed by atoms with Crippen LogP contribution in [0.25, 0.3) is 11.3 Å². The van der Waals surface area contributed by atoms with Gasteiger partial charge in [0.05, 0.1) is 12.3 Å². The number of hydrogen-bond acceptors (Lipinski definition) is 4. The van der Waals surface area contributed by atoms with Crippen molar-refractivity contribution >= 4 is 11.7 Å². The summed E-state index contributed by atoms with van der Waals surface area (Å²) in [4.78, 5) is 17.2. The Morgan fingerprint density at radius 1 is 1.28 bits per heavy atom. The van der Waals surface area contributed by atoms with Crippen molar-refractivity contribution in [1.29, 1.82) is 0 Å². The van der Waals surface area contributed by atoms with Gasteiger partial charge in [-0.1, -0.05) is 12.5 Å². The molecule has 5 nitrogen and oxygen atoms in total. The van der Waals surface area contributed by atoms with Gasteiger partial charge in [0.2, 0.25) is 5.91 Å². The molecule has 5 heteroatoms. The van der Waals surface area contributed by atoms with E-state index in [0.717, 1.165) is 49.3 Å². The molecule has 1 amide bonds. The monoisotopic (exact) mass is 337 g/mol. The molecular formula is C20H23N3O2. The zero-order valence-electron chi connectivity index (χ0n) is 14.2. The lowest BCUT2D eigenvalue weighted by atomic mass is 9.95. The van der Waals surface area contributed by atoms with Gasteiger partial charge in [-0.25, -0.2) is 4.98 Å². The first-order chi connectivity index (χ1) is 12.2. The first-order valence-electron chi connectivity index (χ1n) is 8.98. The third-order valence-electron chi connectivity index (χ3n) is 5.28. The summed E-state index contributed by atoms with van der Waals surface area (Å²) in [5, 5.41) is 2.98. The molecule has 2 atom stereocenters. The van der Waals surface area contributed by atoms with Gasteiger partial charge in [0.15, 0.2) is 0 Å². The van der Waals surface area contributed by atoms with E-state index in [4.69, 9.17) is 10.5 Å². The Morgan fingerprint density at radius 3 is 3.08 bits per heavy atom. The first kappa shape index (κ1) is 16.1. The largest absolute Gasteiger partial charge is 0.493 e. The third kappa shape index (κ3) is 3.24. The number of carbonyl (C=O) groups is 1. The first-order valence-corrected chi connectivity index (χ1v) is 8.98. The van der Waals surface area contributed by atoms with E-state index in [9.17, 15) is 4.79 Å². The molecule has 1 aromatic carbocycles. The molecule has 0 saturated heterocycles. The minimum atomic E-state index is 0.00704. The average molecular weight is 337 g/mol. The van der Waals surface area contributed by atoms with Crippen LogP contribution in [0.4, 0.5) is 5.82 Å². The highest BCUT2D eigenvalue weighted by molar-refractivity contribution is 5.92. The van der Waals surface area contributed by atoms with Crippen LogP contribution in [0, 0.1) is 11.8 Å². The number of nitrogens with one attached hydrogen (secondary N) is 1. The molecule has 0 unspecified atom stereocenters. The zero-order chi connectivity index (χ0) is 17.2. The molecule has 2 heterocycles. The molecule has 4 rings (SSSR count). The second-order valence-corrected chi connectivity index (χ2v) is 6.85. The molecule has 3 N–H and O–H groups in total. The number of pyridine rings is 1. The quantitative estimate of drug-likeness (QED) is 0.899. The fourth-order valence-corrected chi connectivity index (χ4v) is 3.89. The zero-order valence-corrected chi connectivity index (χ0v) is 14.2.